The van der Waals surface area contributed by atoms with Crippen molar-refractivity contribution in [2.75, 3.05) is 24.5 Å². The molecule has 1 aliphatic rings. The van der Waals surface area contributed by atoms with Crippen molar-refractivity contribution < 1.29 is 4.39 Å². The monoisotopic (exact) mass is 250 g/mol. The molecule has 0 spiro atoms. The van der Waals surface area contributed by atoms with Gasteiger partial charge in [-0.25, -0.2) is 4.39 Å². The summed E-state index contributed by atoms with van der Waals surface area (Å²) >= 11 is 0. The number of benzene rings is 1. The molecule has 0 unspecified atom stereocenters. The first-order chi connectivity index (χ1) is 8.72. The molecule has 1 fully saturated rings. The fourth-order valence-corrected chi connectivity index (χ4v) is 2.52. The van der Waals surface area contributed by atoms with E-state index >= 15 is 0 Å². The predicted octanol–water partition coefficient (Wildman–Crippen LogP) is 3.17. The number of halogens is 1. The Kier molecular flexibility index (Phi) is 4.59. The van der Waals surface area contributed by atoms with Gasteiger partial charge in [-0.3, -0.25) is 0 Å². The lowest BCUT2D eigenvalue weighted by molar-refractivity contribution is 0.437. The average Bonchev–Trinajstić information content (AvgIpc) is 2.38. The second kappa shape index (κ2) is 6.19. The van der Waals surface area contributed by atoms with Gasteiger partial charge in [0.15, 0.2) is 0 Å². The standard InChI is InChI=1S/C15H23FN2/c1-3-17-11-13-14(16)5-4-6-15(13)18-9-7-12(2)8-10-18/h4-6,12,17H,3,7-11H2,1-2H3. The predicted molar refractivity (Wildman–Crippen MR) is 74.4 cm³/mol. The summed E-state index contributed by atoms with van der Waals surface area (Å²) in [5.41, 5.74) is 1.89. The van der Waals surface area contributed by atoms with Gasteiger partial charge >= 0.3 is 0 Å². The van der Waals surface area contributed by atoms with E-state index in [1.165, 1.54) is 12.8 Å². The molecule has 18 heavy (non-hydrogen) atoms. The Morgan fingerprint density at radius 1 is 1.33 bits per heavy atom. The van der Waals surface area contributed by atoms with Crippen molar-refractivity contribution in [3.8, 4) is 0 Å². The lowest BCUT2D eigenvalue weighted by Gasteiger charge is -2.33. The van der Waals surface area contributed by atoms with Crippen LogP contribution in [-0.4, -0.2) is 19.6 Å². The molecule has 0 saturated carbocycles. The summed E-state index contributed by atoms with van der Waals surface area (Å²) in [5.74, 6) is 0.707. The maximum absolute atomic E-state index is 13.9. The van der Waals surface area contributed by atoms with Crippen LogP contribution in [0.15, 0.2) is 18.2 Å². The third-order valence-electron chi connectivity index (χ3n) is 3.77. The molecule has 1 N–H and O–H groups in total. The molecule has 0 atom stereocenters. The van der Waals surface area contributed by atoms with Crippen LogP contribution in [0.2, 0.25) is 0 Å². The first-order valence-corrected chi connectivity index (χ1v) is 6.95. The van der Waals surface area contributed by atoms with Crippen LogP contribution in [0.3, 0.4) is 0 Å². The van der Waals surface area contributed by atoms with Crippen LogP contribution in [0.25, 0.3) is 0 Å². The van der Waals surface area contributed by atoms with Gasteiger partial charge in [-0.2, -0.15) is 0 Å². The van der Waals surface area contributed by atoms with Crippen molar-refractivity contribution >= 4 is 5.69 Å². The van der Waals surface area contributed by atoms with E-state index < -0.39 is 0 Å². The molecule has 1 aliphatic heterocycles. The Labute approximate surface area is 109 Å². The maximum atomic E-state index is 13.9. The average molecular weight is 250 g/mol. The molecular formula is C15H23FN2. The molecule has 0 radical (unpaired) electrons. The Hall–Kier alpha value is -1.09. The fourth-order valence-electron chi connectivity index (χ4n) is 2.52. The first kappa shape index (κ1) is 13.3. The normalized spacial score (nSPS) is 17.2. The van der Waals surface area contributed by atoms with Crippen LogP contribution in [0.1, 0.15) is 32.3 Å². The topological polar surface area (TPSA) is 15.3 Å². The van der Waals surface area contributed by atoms with Crippen molar-refractivity contribution in [3.63, 3.8) is 0 Å². The Morgan fingerprint density at radius 2 is 2.06 bits per heavy atom. The van der Waals surface area contributed by atoms with Gasteiger partial charge < -0.3 is 10.2 Å². The van der Waals surface area contributed by atoms with Gasteiger partial charge in [-0.1, -0.05) is 19.9 Å². The van der Waals surface area contributed by atoms with Gasteiger partial charge in [0.25, 0.3) is 0 Å². The second-order valence-electron chi connectivity index (χ2n) is 5.19. The molecule has 0 bridgehead atoms. The number of nitrogens with zero attached hydrogens (tertiary/aromatic N) is 1. The molecule has 0 amide bonds. The third-order valence-corrected chi connectivity index (χ3v) is 3.77. The number of piperidine rings is 1. The summed E-state index contributed by atoms with van der Waals surface area (Å²) in [7, 11) is 0. The fraction of sp³-hybridized carbons (Fsp3) is 0.600. The highest BCUT2D eigenvalue weighted by atomic mass is 19.1. The van der Waals surface area contributed by atoms with Crippen LogP contribution >= 0.6 is 0 Å². The van der Waals surface area contributed by atoms with E-state index in [4.69, 9.17) is 0 Å². The molecule has 1 saturated heterocycles. The van der Waals surface area contributed by atoms with E-state index in [2.05, 4.69) is 17.1 Å². The molecule has 1 aromatic carbocycles. The smallest absolute Gasteiger partial charge is 0.129 e. The van der Waals surface area contributed by atoms with E-state index in [1.54, 1.807) is 6.07 Å². The minimum atomic E-state index is -0.0907. The van der Waals surface area contributed by atoms with Crippen LogP contribution < -0.4 is 10.2 Å². The van der Waals surface area contributed by atoms with Crippen LogP contribution in [0.5, 0.6) is 0 Å². The molecule has 1 aromatic rings. The van der Waals surface area contributed by atoms with Gasteiger partial charge in [0.05, 0.1) is 0 Å². The van der Waals surface area contributed by atoms with Crippen molar-refractivity contribution in [1.82, 2.24) is 5.32 Å². The highest BCUT2D eigenvalue weighted by molar-refractivity contribution is 5.54. The van der Waals surface area contributed by atoms with E-state index in [1.807, 2.05) is 19.1 Å². The SMILES string of the molecule is CCNCc1c(F)cccc1N1CCC(C)CC1. The summed E-state index contributed by atoms with van der Waals surface area (Å²) in [6, 6.07) is 5.42. The first-order valence-electron chi connectivity index (χ1n) is 6.95. The summed E-state index contributed by atoms with van der Waals surface area (Å²) in [6.45, 7) is 7.91. The highest BCUT2D eigenvalue weighted by Gasteiger charge is 2.19. The number of anilines is 1. The summed E-state index contributed by atoms with van der Waals surface area (Å²) < 4.78 is 13.9. The highest BCUT2D eigenvalue weighted by Crippen LogP contribution is 2.27. The lowest BCUT2D eigenvalue weighted by Crippen LogP contribution is -2.34. The van der Waals surface area contributed by atoms with Gasteiger partial charge in [0.2, 0.25) is 0 Å². The molecule has 2 rings (SSSR count). The van der Waals surface area contributed by atoms with Gasteiger partial charge in [0, 0.05) is 30.9 Å². The van der Waals surface area contributed by atoms with Crippen LogP contribution in [0.4, 0.5) is 10.1 Å². The van der Waals surface area contributed by atoms with Crippen LogP contribution in [-0.2, 0) is 6.54 Å². The molecule has 0 aromatic heterocycles. The summed E-state index contributed by atoms with van der Waals surface area (Å²) in [6.07, 6.45) is 2.41. The molecule has 0 aliphatic carbocycles. The van der Waals surface area contributed by atoms with Crippen molar-refractivity contribution in [3.05, 3.63) is 29.6 Å². The second-order valence-corrected chi connectivity index (χ2v) is 5.19. The Morgan fingerprint density at radius 3 is 2.72 bits per heavy atom. The van der Waals surface area contributed by atoms with Crippen LogP contribution in [0, 0.1) is 11.7 Å². The zero-order chi connectivity index (χ0) is 13.0. The van der Waals surface area contributed by atoms with E-state index in [0.717, 1.165) is 36.8 Å². The van der Waals surface area contributed by atoms with E-state index in [0.29, 0.717) is 6.54 Å². The lowest BCUT2D eigenvalue weighted by atomic mass is 9.98. The number of nitrogens with one attached hydrogen (secondary N) is 1. The summed E-state index contributed by atoms with van der Waals surface area (Å²) in [4.78, 5) is 2.33. The quantitative estimate of drug-likeness (QED) is 0.883. The third kappa shape index (κ3) is 3.02. The number of rotatable bonds is 4. The minimum Gasteiger partial charge on any atom is -0.371 e. The molecule has 2 nitrogen and oxygen atoms in total. The molecular weight excluding hydrogens is 227 g/mol. The van der Waals surface area contributed by atoms with Crippen molar-refractivity contribution in [2.45, 2.75) is 33.2 Å². The molecule has 100 valence electrons. The Balaban J connectivity index is 2.18. The number of hydrogen-bond acceptors (Lipinski definition) is 2. The molecule has 3 heteroatoms. The van der Waals surface area contributed by atoms with Gasteiger partial charge in [-0.05, 0) is 37.4 Å². The minimum absolute atomic E-state index is 0.0907. The zero-order valence-electron chi connectivity index (χ0n) is 11.4. The Bertz CT molecular complexity index is 384. The van der Waals surface area contributed by atoms with Gasteiger partial charge in [-0.15, -0.1) is 0 Å². The van der Waals surface area contributed by atoms with E-state index in [-0.39, 0.29) is 5.82 Å². The number of hydrogen-bond donors (Lipinski definition) is 1. The van der Waals surface area contributed by atoms with E-state index in [9.17, 15) is 4.39 Å². The molecule has 1 heterocycles. The summed E-state index contributed by atoms with van der Waals surface area (Å²) in [5, 5.41) is 3.23. The zero-order valence-corrected chi connectivity index (χ0v) is 11.4. The largest absolute Gasteiger partial charge is 0.371 e. The van der Waals surface area contributed by atoms with Crippen molar-refractivity contribution in [1.29, 1.82) is 0 Å². The van der Waals surface area contributed by atoms with Crippen molar-refractivity contribution in [2.24, 2.45) is 5.92 Å². The maximum Gasteiger partial charge on any atom is 0.129 e. The van der Waals surface area contributed by atoms with Gasteiger partial charge in [0.1, 0.15) is 5.82 Å².